The van der Waals surface area contributed by atoms with Gasteiger partial charge in [-0.05, 0) is 62.4 Å². The molecule has 0 radical (unpaired) electrons. The van der Waals surface area contributed by atoms with Crippen molar-refractivity contribution in [3.63, 3.8) is 0 Å². The molecule has 0 aromatic heterocycles. The second kappa shape index (κ2) is 7.52. The van der Waals surface area contributed by atoms with E-state index in [1.165, 1.54) is 22.0 Å². The average Bonchev–Trinajstić information content (AvgIpc) is 3.20. The number of anilines is 1. The molecule has 3 aliphatic rings. The van der Waals surface area contributed by atoms with Crippen LogP contribution in [0.1, 0.15) is 59.7 Å². The molecule has 3 amide bonds. The van der Waals surface area contributed by atoms with Crippen LogP contribution in [0.3, 0.4) is 0 Å². The van der Waals surface area contributed by atoms with E-state index in [4.69, 9.17) is 11.6 Å². The number of amides is 3. The van der Waals surface area contributed by atoms with Gasteiger partial charge in [0.25, 0.3) is 17.7 Å². The first kappa shape index (κ1) is 20.8. The van der Waals surface area contributed by atoms with Gasteiger partial charge in [-0.2, -0.15) is 10.1 Å². The molecule has 2 aliphatic heterocycles. The number of hydrogen-bond donors (Lipinski definition) is 0. The predicted molar refractivity (Wildman–Crippen MR) is 118 cm³/mol. The van der Waals surface area contributed by atoms with E-state index in [2.05, 4.69) is 5.10 Å². The van der Waals surface area contributed by atoms with Crippen LogP contribution in [0.25, 0.3) is 0 Å². The van der Waals surface area contributed by atoms with Gasteiger partial charge in [0.1, 0.15) is 5.82 Å². The van der Waals surface area contributed by atoms with Crippen LogP contribution < -0.4 is 5.01 Å². The summed E-state index contributed by atoms with van der Waals surface area (Å²) in [6.07, 6.45) is 2.57. The van der Waals surface area contributed by atoms with Gasteiger partial charge < -0.3 is 0 Å². The van der Waals surface area contributed by atoms with Crippen LogP contribution in [-0.2, 0) is 4.79 Å². The first-order chi connectivity index (χ1) is 15.4. The van der Waals surface area contributed by atoms with E-state index in [1.807, 2.05) is 6.92 Å². The van der Waals surface area contributed by atoms with Crippen molar-refractivity contribution in [2.75, 3.05) is 5.01 Å². The van der Waals surface area contributed by atoms with Crippen LogP contribution in [0.2, 0.25) is 5.02 Å². The Morgan fingerprint density at radius 1 is 1.06 bits per heavy atom. The zero-order chi connectivity index (χ0) is 22.6. The molecule has 1 aliphatic carbocycles. The Labute approximate surface area is 189 Å². The second-order valence-electron chi connectivity index (χ2n) is 8.45. The monoisotopic (exact) mass is 453 g/mol. The van der Waals surface area contributed by atoms with Crippen LogP contribution in [0.5, 0.6) is 0 Å². The van der Waals surface area contributed by atoms with Gasteiger partial charge in [0.2, 0.25) is 0 Å². The maximum absolute atomic E-state index is 13.5. The van der Waals surface area contributed by atoms with Crippen molar-refractivity contribution in [3.05, 3.63) is 64.4 Å². The number of nitrogens with zero attached hydrogens (tertiary/aromatic N) is 3. The molecule has 32 heavy (non-hydrogen) atoms. The fourth-order valence-electron chi connectivity index (χ4n) is 5.21. The highest BCUT2D eigenvalue weighted by molar-refractivity contribution is 6.34. The SMILES string of the molecule is CCC1=NN(c2ccc(F)cc2Cl)C(=O)C12CCC(N1C(=O)c3ccccc3C1=O)CC2. The number of carbonyl (C=O) groups is 3. The van der Waals surface area contributed by atoms with Gasteiger partial charge in [-0.3, -0.25) is 19.3 Å². The van der Waals surface area contributed by atoms with Crippen molar-refractivity contribution < 1.29 is 18.8 Å². The molecule has 2 aromatic carbocycles. The maximum atomic E-state index is 13.5. The van der Waals surface area contributed by atoms with E-state index < -0.39 is 11.2 Å². The molecule has 8 heteroatoms. The number of fused-ring (bicyclic) bond motifs is 1. The molecular weight excluding hydrogens is 433 g/mol. The molecule has 2 aromatic rings. The fraction of sp³-hybridized carbons (Fsp3) is 0.333. The van der Waals surface area contributed by atoms with E-state index >= 15 is 0 Å². The number of halogens is 2. The van der Waals surface area contributed by atoms with Gasteiger partial charge in [-0.1, -0.05) is 30.7 Å². The van der Waals surface area contributed by atoms with Crippen molar-refractivity contribution in [1.82, 2.24) is 4.90 Å². The Balaban J connectivity index is 1.39. The zero-order valence-corrected chi connectivity index (χ0v) is 18.2. The average molecular weight is 454 g/mol. The molecule has 5 rings (SSSR count). The van der Waals surface area contributed by atoms with Crippen molar-refractivity contribution >= 4 is 40.7 Å². The fourth-order valence-corrected chi connectivity index (χ4v) is 5.46. The largest absolute Gasteiger partial charge is 0.271 e. The van der Waals surface area contributed by atoms with Gasteiger partial charge >= 0.3 is 0 Å². The summed E-state index contributed by atoms with van der Waals surface area (Å²) in [5, 5.41) is 5.96. The van der Waals surface area contributed by atoms with Gasteiger partial charge in [0.05, 0.1) is 33.0 Å². The lowest BCUT2D eigenvalue weighted by Gasteiger charge is -2.39. The Morgan fingerprint density at radius 3 is 2.25 bits per heavy atom. The first-order valence-corrected chi connectivity index (χ1v) is 11.1. The summed E-state index contributed by atoms with van der Waals surface area (Å²) in [5.41, 5.74) is 1.18. The number of hydrogen-bond acceptors (Lipinski definition) is 4. The lowest BCUT2D eigenvalue weighted by Crippen LogP contribution is -2.48. The van der Waals surface area contributed by atoms with Crippen LogP contribution in [0.15, 0.2) is 47.6 Å². The summed E-state index contributed by atoms with van der Waals surface area (Å²) in [7, 11) is 0. The molecule has 0 atom stereocenters. The third kappa shape index (κ3) is 2.91. The van der Waals surface area contributed by atoms with E-state index in [9.17, 15) is 18.8 Å². The van der Waals surface area contributed by atoms with Gasteiger partial charge in [-0.25, -0.2) is 4.39 Å². The quantitative estimate of drug-likeness (QED) is 0.626. The summed E-state index contributed by atoms with van der Waals surface area (Å²) in [4.78, 5) is 40.6. The molecule has 0 unspecified atom stereocenters. The van der Waals surface area contributed by atoms with Crippen LogP contribution >= 0.6 is 11.6 Å². The minimum atomic E-state index is -0.790. The van der Waals surface area contributed by atoms with E-state index in [0.717, 1.165) is 11.8 Å². The van der Waals surface area contributed by atoms with E-state index in [-0.39, 0.29) is 28.8 Å². The molecule has 1 spiro atoms. The summed E-state index contributed by atoms with van der Waals surface area (Å²) in [5.74, 6) is -1.22. The van der Waals surface area contributed by atoms with Crippen molar-refractivity contribution in [1.29, 1.82) is 0 Å². The van der Waals surface area contributed by atoms with Crippen LogP contribution in [0.4, 0.5) is 10.1 Å². The minimum absolute atomic E-state index is 0.120. The molecule has 2 heterocycles. The number of rotatable bonds is 3. The van der Waals surface area contributed by atoms with Crippen molar-refractivity contribution in [2.45, 2.75) is 45.1 Å². The summed E-state index contributed by atoms with van der Waals surface area (Å²) >= 11 is 6.19. The highest BCUT2D eigenvalue weighted by Gasteiger charge is 2.54. The van der Waals surface area contributed by atoms with E-state index in [0.29, 0.717) is 48.9 Å². The Morgan fingerprint density at radius 2 is 1.69 bits per heavy atom. The number of carbonyl (C=O) groups excluding carboxylic acids is 3. The van der Waals surface area contributed by atoms with Gasteiger partial charge in [0.15, 0.2) is 0 Å². The Bertz CT molecular complexity index is 1150. The summed E-state index contributed by atoms with van der Waals surface area (Å²) in [6.45, 7) is 1.94. The molecule has 0 bridgehead atoms. The van der Waals surface area contributed by atoms with Crippen LogP contribution in [-0.4, -0.2) is 34.4 Å². The topological polar surface area (TPSA) is 70.1 Å². The number of imide groups is 1. The van der Waals surface area contributed by atoms with Crippen molar-refractivity contribution in [3.8, 4) is 0 Å². The highest BCUT2D eigenvalue weighted by atomic mass is 35.5. The van der Waals surface area contributed by atoms with Crippen LogP contribution in [0, 0.1) is 11.2 Å². The molecule has 0 saturated heterocycles. The van der Waals surface area contributed by atoms with Crippen molar-refractivity contribution in [2.24, 2.45) is 10.5 Å². The molecule has 1 saturated carbocycles. The highest BCUT2D eigenvalue weighted by Crippen LogP contribution is 2.47. The summed E-state index contributed by atoms with van der Waals surface area (Å²) in [6, 6.07) is 10.5. The first-order valence-electron chi connectivity index (χ1n) is 10.7. The van der Waals surface area contributed by atoms with Gasteiger partial charge in [0, 0.05) is 6.04 Å². The minimum Gasteiger partial charge on any atom is -0.271 e. The lowest BCUT2D eigenvalue weighted by molar-refractivity contribution is -0.125. The molecule has 0 N–H and O–H groups in total. The molecular formula is C24H21ClFN3O3. The number of hydrazone groups is 1. The Kier molecular flexibility index (Phi) is 4.89. The molecule has 164 valence electrons. The third-order valence-electron chi connectivity index (χ3n) is 6.85. The zero-order valence-electron chi connectivity index (χ0n) is 17.5. The van der Waals surface area contributed by atoms with Gasteiger partial charge in [-0.15, -0.1) is 0 Å². The second-order valence-corrected chi connectivity index (χ2v) is 8.86. The lowest BCUT2D eigenvalue weighted by atomic mass is 9.68. The maximum Gasteiger partial charge on any atom is 0.261 e. The standard InChI is InChI=1S/C24H21ClFN3O3/c1-2-20-24(23(32)29(27-20)19-8-7-14(26)13-18(19)25)11-9-15(10-12-24)28-21(30)16-5-3-4-6-17(16)22(28)31/h3-8,13,15H,2,9-12H2,1H3. The smallest absolute Gasteiger partial charge is 0.261 e. The predicted octanol–water partition coefficient (Wildman–Crippen LogP) is 4.82. The number of benzene rings is 2. The normalized spacial score (nSPS) is 25.0. The molecule has 1 fully saturated rings. The van der Waals surface area contributed by atoms with E-state index in [1.54, 1.807) is 24.3 Å². The summed E-state index contributed by atoms with van der Waals surface area (Å²) < 4.78 is 13.5. The Hall–Kier alpha value is -3.06. The molecule has 6 nitrogen and oxygen atoms in total. The third-order valence-corrected chi connectivity index (χ3v) is 7.15.